The van der Waals surface area contributed by atoms with Crippen molar-refractivity contribution in [2.24, 2.45) is 0 Å². The van der Waals surface area contributed by atoms with Crippen LogP contribution in [0.25, 0.3) is 43.8 Å². The summed E-state index contributed by atoms with van der Waals surface area (Å²) < 4.78 is 4.51. The van der Waals surface area contributed by atoms with E-state index in [1.807, 2.05) is 12.1 Å². The Bertz CT molecular complexity index is 1720. The van der Waals surface area contributed by atoms with E-state index in [2.05, 4.69) is 132 Å². The summed E-state index contributed by atoms with van der Waals surface area (Å²) in [5.41, 5.74) is 6.49. The largest absolute Gasteiger partial charge is 0.403 e. The third-order valence-electron chi connectivity index (χ3n) is 6.83. The molecule has 182 valence electrons. The van der Waals surface area contributed by atoms with E-state index in [0.29, 0.717) is 0 Å². The Balaban J connectivity index is 0.000000144. The number of fused-ring (bicyclic) bond motifs is 3. The zero-order valence-electron chi connectivity index (χ0n) is 20.7. The maximum Gasteiger partial charge on any atom is -0.0203 e. The SMILES string of the molecule is Cc1c(C)n(-c2cc3ccccc3[cH-]2)c2ccccc12.[Cl][Zr+2][Cl].c1ccc2c(c1)cc[c-]2-n1cccc1. The van der Waals surface area contributed by atoms with Crippen molar-refractivity contribution in [3.8, 4) is 11.4 Å². The predicted octanol–water partition coefficient (Wildman–Crippen LogP) is 9.85. The Hall–Kier alpha value is -2.84. The molecule has 37 heavy (non-hydrogen) atoms. The van der Waals surface area contributed by atoms with Crippen molar-refractivity contribution >= 4 is 49.5 Å². The summed E-state index contributed by atoms with van der Waals surface area (Å²) in [6.07, 6.45) is 4.14. The van der Waals surface area contributed by atoms with Gasteiger partial charge in [0.05, 0.1) is 5.52 Å². The second-order valence-corrected chi connectivity index (χ2v) is 12.6. The van der Waals surface area contributed by atoms with Crippen molar-refractivity contribution in [3.63, 3.8) is 0 Å². The van der Waals surface area contributed by atoms with Crippen LogP contribution >= 0.6 is 17.0 Å². The van der Waals surface area contributed by atoms with Gasteiger partial charge in [-0.15, -0.1) is 53.2 Å². The predicted molar refractivity (Wildman–Crippen MR) is 156 cm³/mol. The second kappa shape index (κ2) is 11.7. The second-order valence-electron chi connectivity index (χ2n) is 8.87. The van der Waals surface area contributed by atoms with Crippen LogP contribution in [0.4, 0.5) is 0 Å². The number of nitrogens with zero attached hydrogens (tertiary/aromatic N) is 2. The van der Waals surface area contributed by atoms with Gasteiger partial charge < -0.3 is 9.13 Å². The fourth-order valence-electron chi connectivity index (χ4n) is 4.98. The van der Waals surface area contributed by atoms with Crippen LogP contribution in [0.15, 0.2) is 122 Å². The molecule has 7 rings (SSSR count). The van der Waals surface area contributed by atoms with E-state index in [1.165, 1.54) is 55.1 Å². The van der Waals surface area contributed by atoms with Crippen LogP contribution in [0, 0.1) is 13.8 Å². The Kier molecular flexibility index (Phi) is 8.15. The average molecular weight is 601 g/mol. The zero-order chi connectivity index (χ0) is 25.8. The van der Waals surface area contributed by atoms with Gasteiger partial charge in [-0.2, -0.15) is 0 Å². The van der Waals surface area contributed by atoms with Crippen LogP contribution in [0.3, 0.4) is 0 Å². The molecule has 0 aliphatic rings. The van der Waals surface area contributed by atoms with Gasteiger partial charge in [-0.1, -0.05) is 71.4 Å². The summed E-state index contributed by atoms with van der Waals surface area (Å²) in [5.74, 6) is 0. The smallest absolute Gasteiger partial charge is 0.0203 e. The van der Waals surface area contributed by atoms with Crippen molar-refractivity contribution in [1.29, 1.82) is 0 Å². The van der Waals surface area contributed by atoms with Crippen LogP contribution in [0.2, 0.25) is 0 Å². The summed E-state index contributed by atoms with van der Waals surface area (Å²) in [6, 6.07) is 38.6. The molecule has 0 bridgehead atoms. The van der Waals surface area contributed by atoms with Gasteiger partial charge in [0.25, 0.3) is 0 Å². The van der Waals surface area contributed by atoms with Crippen LogP contribution < -0.4 is 0 Å². The van der Waals surface area contributed by atoms with E-state index in [-0.39, 0.29) is 0 Å². The molecule has 0 radical (unpaired) electrons. The van der Waals surface area contributed by atoms with Crippen LogP contribution in [0.1, 0.15) is 11.3 Å². The molecule has 7 aromatic rings. The van der Waals surface area contributed by atoms with Crippen LogP contribution in [-0.4, -0.2) is 9.13 Å². The van der Waals surface area contributed by atoms with Gasteiger partial charge in [-0.25, -0.2) is 0 Å². The molecular weight excluding hydrogens is 574 g/mol. The molecule has 0 fully saturated rings. The molecule has 0 saturated carbocycles. The number of aromatic nitrogens is 2. The molecule has 0 amide bonds. The van der Waals surface area contributed by atoms with Gasteiger partial charge in [0.1, 0.15) is 0 Å². The molecule has 2 nitrogen and oxygen atoms in total. The molecule has 0 saturated heterocycles. The molecule has 5 heteroatoms. The van der Waals surface area contributed by atoms with Crippen LogP contribution in [0.5, 0.6) is 0 Å². The fraction of sp³-hybridized carbons (Fsp3) is 0.0625. The number of benzene rings is 3. The third-order valence-corrected chi connectivity index (χ3v) is 6.83. The zero-order valence-corrected chi connectivity index (χ0v) is 24.7. The number of rotatable bonds is 2. The first-order valence-electron chi connectivity index (χ1n) is 12.1. The summed E-state index contributed by atoms with van der Waals surface area (Å²) in [6.45, 7) is 4.41. The van der Waals surface area contributed by atoms with Gasteiger partial charge in [-0.3, -0.25) is 0 Å². The van der Waals surface area contributed by atoms with Crippen molar-refractivity contribution < 1.29 is 20.8 Å². The standard InChI is InChI=1S/C19H16N.C13H10N.2ClH.Zr/c1-13-14(2)20(19-10-6-5-9-18(13)19)17-11-15-7-3-4-8-16(15)12-17;1-2-6-12-11(5-1)7-8-13(12)14-9-3-4-10-14;;;/h3-12H,1-2H3;1-10H;2*1H;/q2*-1;;;+4/p-2. The summed E-state index contributed by atoms with van der Waals surface area (Å²) in [5, 5.41) is 6.56. The molecule has 2 heterocycles. The normalized spacial score (nSPS) is 10.6. The van der Waals surface area contributed by atoms with Gasteiger partial charge in [0.2, 0.25) is 0 Å². The van der Waals surface area contributed by atoms with E-state index in [0.717, 1.165) is 0 Å². The topological polar surface area (TPSA) is 9.86 Å². The average Bonchev–Trinajstić information content (AvgIpc) is 3.71. The Morgan fingerprint density at radius 2 is 1.41 bits per heavy atom. The molecule has 5 aromatic carbocycles. The van der Waals surface area contributed by atoms with Crippen molar-refractivity contribution in [2.45, 2.75) is 13.8 Å². The molecule has 2 aromatic heterocycles. The van der Waals surface area contributed by atoms with Gasteiger partial charge in [0, 0.05) is 11.1 Å². The van der Waals surface area contributed by atoms with E-state index < -0.39 is 20.8 Å². The maximum absolute atomic E-state index is 4.93. The molecule has 0 atom stereocenters. The number of hydrogen-bond acceptors (Lipinski definition) is 0. The molecule has 0 aliphatic carbocycles. The van der Waals surface area contributed by atoms with Gasteiger partial charge in [0.15, 0.2) is 0 Å². The maximum atomic E-state index is 4.93. The molecule has 0 N–H and O–H groups in total. The van der Waals surface area contributed by atoms with Gasteiger partial charge >= 0.3 is 37.9 Å². The Labute approximate surface area is 236 Å². The van der Waals surface area contributed by atoms with E-state index in [9.17, 15) is 0 Å². The molecular formula is C32H26Cl2N2Zr. The summed E-state index contributed by atoms with van der Waals surface area (Å²) >= 11 is -0.826. The number of halogens is 2. The van der Waals surface area contributed by atoms with Gasteiger partial charge in [-0.05, 0) is 49.2 Å². The minimum atomic E-state index is -0.826. The first-order chi connectivity index (χ1) is 18.1. The number of hydrogen-bond donors (Lipinski definition) is 0. The van der Waals surface area contributed by atoms with Crippen molar-refractivity contribution in [2.75, 3.05) is 0 Å². The van der Waals surface area contributed by atoms with E-state index in [4.69, 9.17) is 17.0 Å². The van der Waals surface area contributed by atoms with Crippen molar-refractivity contribution in [3.05, 3.63) is 133 Å². The third kappa shape index (κ3) is 5.27. The fourth-order valence-corrected chi connectivity index (χ4v) is 4.98. The monoisotopic (exact) mass is 598 g/mol. The summed E-state index contributed by atoms with van der Waals surface area (Å²) in [7, 11) is 9.87. The first-order valence-corrected chi connectivity index (χ1v) is 18.4. The van der Waals surface area contributed by atoms with E-state index in [1.54, 1.807) is 0 Å². The number of para-hydroxylation sites is 1. The van der Waals surface area contributed by atoms with E-state index >= 15 is 0 Å². The quantitative estimate of drug-likeness (QED) is 0.175. The molecule has 0 unspecified atom stereocenters. The Morgan fingerprint density at radius 3 is 2.16 bits per heavy atom. The minimum Gasteiger partial charge on any atom is -0.403 e. The summed E-state index contributed by atoms with van der Waals surface area (Å²) in [4.78, 5) is 0. The number of aryl methyl sites for hydroxylation is 1. The van der Waals surface area contributed by atoms with Crippen molar-refractivity contribution in [1.82, 2.24) is 9.13 Å². The Morgan fingerprint density at radius 1 is 0.757 bits per heavy atom. The minimum absolute atomic E-state index is 0.826. The molecule has 0 spiro atoms. The molecule has 0 aliphatic heterocycles. The van der Waals surface area contributed by atoms with Crippen LogP contribution in [-0.2, 0) is 20.8 Å². The first kappa shape index (κ1) is 25.8.